The minimum Gasteiger partial charge on any atom is -0.506 e. The lowest BCUT2D eigenvalue weighted by Gasteiger charge is -2.28. The van der Waals surface area contributed by atoms with E-state index in [9.17, 15) is 19.8 Å². The Bertz CT molecular complexity index is 1590. The maximum absolute atomic E-state index is 13.0. The number of ether oxygens (including phenoxy) is 1. The van der Waals surface area contributed by atoms with Gasteiger partial charge in [-0.2, -0.15) is 0 Å². The van der Waals surface area contributed by atoms with Gasteiger partial charge in [0.1, 0.15) is 22.9 Å². The molecule has 2 aromatic heterocycles. The fraction of sp³-hybridized carbons (Fsp3) is 0.192. The summed E-state index contributed by atoms with van der Waals surface area (Å²) < 4.78 is 7.42. The zero-order chi connectivity index (χ0) is 26.3. The summed E-state index contributed by atoms with van der Waals surface area (Å²) in [4.78, 5) is 31.1. The number of carbonyl (C=O) groups is 1. The van der Waals surface area contributed by atoms with Crippen LogP contribution in [-0.2, 0) is 0 Å². The van der Waals surface area contributed by atoms with Gasteiger partial charge in [-0.25, -0.2) is 9.78 Å². The van der Waals surface area contributed by atoms with Crippen LogP contribution in [0.4, 0.5) is 5.69 Å². The average molecular weight is 561 g/mol. The Morgan fingerprint density at radius 1 is 1.11 bits per heavy atom. The number of carboxylic acids is 1. The number of aromatic hydroxyl groups is 1. The molecule has 1 aliphatic rings. The lowest BCUT2D eigenvalue weighted by molar-refractivity contribution is 0.0695. The molecule has 1 atom stereocenters. The van der Waals surface area contributed by atoms with Crippen LogP contribution in [0.15, 0.2) is 59.7 Å². The first-order valence-corrected chi connectivity index (χ1v) is 12.5. The summed E-state index contributed by atoms with van der Waals surface area (Å²) in [5.41, 5.74) is 0.438. The average Bonchev–Trinajstić information content (AvgIpc) is 3.33. The van der Waals surface area contributed by atoms with Gasteiger partial charge < -0.3 is 24.4 Å². The molecule has 0 radical (unpaired) electrons. The van der Waals surface area contributed by atoms with Crippen LogP contribution in [0, 0.1) is 0 Å². The molecule has 0 saturated carbocycles. The molecule has 190 valence electrons. The number of phenolic OH excluding ortho intramolecular Hbond substituents is 1. The Balaban J connectivity index is 1.61. The van der Waals surface area contributed by atoms with Crippen LogP contribution in [0.5, 0.6) is 11.6 Å². The molecule has 8 nitrogen and oxygen atoms in total. The van der Waals surface area contributed by atoms with E-state index in [2.05, 4.69) is 9.88 Å². The van der Waals surface area contributed by atoms with E-state index < -0.39 is 17.0 Å². The highest BCUT2D eigenvalue weighted by atomic mass is 35.5. The van der Waals surface area contributed by atoms with Crippen molar-refractivity contribution in [1.82, 2.24) is 9.55 Å². The van der Waals surface area contributed by atoms with E-state index in [-0.39, 0.29) is 22.2 Å². The van der Waals surface area contributed by atoms with Gasteiger partial charge in [-0.05, 0) is 49.2 Å². The maximum atomic E-state index is 13.0. The van der Waals surface area contributed by atoms with E-state index in [0.717, 1.165) is 12.8 Å². The number of phenols is 1. The normalized spacial score (nSPS) is 15.3. The van der Waals surface area contributed by atoms with Gasteiger partial charge in [-0.1, -0.05) is 34.8 Å². The number of aromatic nitrogens is 2. The van der Waals surface area contributed by atoms with E-state index >= 15 is 0 Å². The highest BCUT2D eigenvalue weighted by Gasteiger charge is 2.28. The van der Waals surface area contributed by atoms with Crippen molar-refractivity contribution >= 4 is 57.4 Å². The molecule has 37 heavy (non-hydrogen) atoms. The van der Waals surface area contributed by atoms with Crippen molar-refractivity contribution in [3.63, 3.8) is 0 Å². The topological polar surface area (TPSA) is 105 Å². The molecule has 2 N–H and O–H groups in total. The van der Waals surface area contributed by atoms with Crippen molar-refractivity contribution in [2.45, 2.75) is 18.9 Å². The highest BCUT2D eigenvalue weighted by molar-refractivity contribution is 6.34. The third-order valence-electron chi connectivity index (χ3n) is 6.33. The van der Waals surface area contributed by atoms with E-state index in [1.807, 2.05) is 0 Å². The zero-order valence-corrected chi connectivity index (χ0v) is 21.5. The molecule has 2 aromatic carbocycles. The van der Waals surface area contributed by atoms with Crippen LogP contribution >= 0.6 is 34.8 Å². The van der Waals surface area contributed by atoms with Crippen LogP contribution in [-0.4, -0.2) is 44.9 Å². The number of carboxylic acid groups (broad SMARTS) is 1. The van der Waals surface area contributed by atoms with Crippen molar-refractivity contribution in [2.75, 3.05) is 18.1 Å². The number of hydrogen-bond acceptors (Lipinski definition) is 6. The number of hydrogen-bond donors (Lipinski definition) is 2. The largest absolute Gasteiger partial charge is 0.506 e. The predicted molar refractivity (Wildman–Crippen MR) is 143 cm³/mol. The minimum atomic E-state index is -1.37. The first kappa shape index (κ1) is 25.2. The molecular weight excluding hydrogens is 541 g/mol. The van der Waals surface area contributed by atoms with Gasteiger partial charge in [0.15, 0.2) is 0 Å². The first-order chi connectivity index (χ1) is 17.7. The van der Waals surface area contributed by atoms with Crippen molar-refractivity contribution in [1.29, 1.82) is 0 Å². The fourth-order valence-corrected chi connectivity index (χ4v) is 5.12. The standard InChI is InChI=1S/C26H20Cl3N3O5/c27-18-6-5-14(9-23(18)33)32-12-17(26(35)36)24(34)16-10-20(29)22(11-21(16)32)31-8-2-3-15(31)13-37-25-19(28)4-1-7-30-25/h1,4-7,9-12,15,33H,2-3,8,13H2,(H,35,36)/t15-/m1/s1. The summed E-state index contributed by atoms with van der Waals surface area (Å²) in [6, 6.07) is 11.1. The van der Waals surface area contributed by atoms with Gasteiger partial charge in [0.05, 0.1) is 27.3 Å². The lowest BCUT2D eigenvalue weighted by Crippen LogP contribution is -2.34. The van der Waals surface area contributed by atoms with Crippen molar-refractivity contribution in [3.8, 4) is 17.3 Å². The molecule has 0 spiro atoms. The molecule has 1 aliphatic heterocycles. The Hall–Kier alpha value is -3.46. The summed E-state index contributed by atoms with van der Waals surface area (Å²) in [7, 11) is 0. The quantitative estimate of drug-likeness (QED) is 0.307. The summed E-state index contributed by atoms with van der Waals surface area (Å²) in [6.45, 7) is 1.02. The number of benzene rings is 2. The van der Waals surface area contributed by atoms with Crippen LogP contribution in [0.2, 0.25) is 15.1 Å². The molecule has 3 heterocycles. The summed E-state index contributed by atoms with van der Waals surface area (Å²) >= 11 is 18.8. The number of rotatable bonds is 6. The van der Waals surface area contributed by atoms with Crippen LogP contribution in [0.1, 0.15) is 23.2 Å². The monoisotopic (exact) mass is 559 g/mol. The second-order valence-electron chi connectivity index (χ2n) is 8.59. The second kappa shape index (κ2) is 10.1. The molecule has 11 heteroatoms. The fourth-order valence-electron chi connectivity index (χ4n) is 4.55. The number of halogens is 3. The van der Waals surface area contributed by atoms with Gasteiger partial charge in [0.25, 0.3) is 0 Å². The van der Waals surface area contributed by atoms with E-state index in [4.69, 9.17) is 39.5 Å². The van der Waals surface area contributed by atoms with Gasteiger partial charge in [0, 0.05) is 36.1 Å². The highest BCUT2D eigenvalue weighted by Crippen LogP contribution is 2.36. The third-order valence-corrected chi connectivity index (χ3v) is 7.24. The Morgan fingerprint density at radius 2 is 1.92 bits per heavy atom. The Kier molecular flexibility index (Phi) is 6.90. The van der Waals surface area contributed by atoms with Gasteiger partial charge in [-0.15, -0.1) is 0 Å². The number of nitrogens with zero attached hydrogens (tertiary/aromatic N) is 3. The predicted octanol–water partition coefficient (Wildman–Crippen LogP) is 5.80. The summed E-state index contributed by atoms with van der Waals surface area (Å²) in [5, 5.41) is 20.8. The number of pyridine rings is 2. The Morgan fingerprint density at radius 3 is 2.65 bits per heavy atom. The molecule has 5 rings (SSSR count). The van der Waals surface area contributed by atoms with Crippen molar-refractivity contribution in [3.05, 3.63) is 85.7 Å². The van der Waals surface area contributed by atoms with Crippen molar-refractivity contribution in [2.24, 2.45) is 0 Å². The van der Waals surface area contributed by atoms with Crippen LogP contribution < -0.4 is 15.1 Å². The molecular formula is C26H20Cl3N3O5. The maximum Gasteiger partial charge on any atom is 0.341 e. The second-order valence-corrected chi connectivity index (χ2v) is 9.82. The van der Waals surface area contributed by atoms with E-state index in [1.54, 1.807) is 30.5 Å². The first-order valence-electron chi connectivity index (χ1n) is 11.4. The molecule has 4 aromatic rings. The molecule has 1 fully saturated rings. The van der Waals surface area contributed by atoms with Gasteiger partial charge in [0.2, 0.25) is 11.3 Å². The van der Waals surface area contributed by atoms with Gasteiger partial charge in [-0.3, -0.25) is 4.79 Å². The van der Waals surface area contributed by atoms with Gasteiger partial charge >= 0.3 is 5.97 Å². The van der Waals surface area contributed by atoms with E-state index in [1.165, 1.54) is 29.0 Å². The molecule has 0 amide bonds. The number of fused-ring (bicyclic) bond motifs is 1. The zero-order valence-electron chi connectivity index (χ0n) is 19.2. The third kappa shape index (κ3) is 4.80. The molecule has 1 saturated heterocycles. The SMILES string of the molecule is O=C(O)c1cn(-c2ccc(Cl)c(O)c2)c2cc(N3CCC[C@@H]3COc3ncccc3Cl)c(Cl)cc2c1=O. The van der Waals surface area contributed by atoms with E-state index in [0.29, 0.717) is 46.0 Å². The minimum absolute atomic E-state index is 0.0361. The summed E-state index contributed by atoms with van der Waals surface area (Å²) in [5.74, 6) is -1.20. The van der Waals surface area contributed by atoms with Crippen molar-refractivity contribution < 1.29 is 19.7 Å². The van der Waals surface area contributed by atoms with Crippen LogP contribution in [0.3, 0.4) is 0 Å². The number of aromatic carboxylic acids is 1. The summed E-state index contributed by atoms with van der Waals surface area (Å²) in [6.07, 6.45) is 4.58. The lowest BCUT2D eigenvalue weighted by atomic mass is 10.1. The number of anilines is 1. The Labute approximate surface area is 226 Å². The smallest absolute Gasteiger partial charge is 0.341 e. The molecule has 0 aliphatic carbocycles. The van der Waals surface area contributed by atoms with Crippen LogP contribution in [0.25, 0.3) is 16.6 Å². The molecule has 0 bridgehead atoms. The molecule has 0 unspecified atom stereocenters.